The van der Waals surface area contributed by atoms with Crippen molar-refractivity contribution in [3.8, 4) is 0 Å². The minimum Gasteiger partial charge on any atom is -0.361 e. The summed E-state index contributed by atoms with van der Waals surface area (Å²) in [5.41, 5.74) is 0. The van der Waals surface area contributed by atoms with E-state index in [1.165, 1.54) is 0 Å². The topological polar surface area (TPSA) is 73.0 Å². The van der Waals surface area contributed by atoms with Gasteiger partial charge in [-0.15, -0.1) is 0 Å². The van der Waals surface area contributed by atoms with Gasteiger partial charge in [0, 0.05) is 37.3 Å². The Kier molecular flexibility index (Phi) is 4.33. The van der Waals surface area contributed by atoms with Crippen LogP contribution >= 0.6 is 0 Å². The summed E-state index contributed by atoms with van der Waals surface area (Å²) in [7, 11) is 0. The van der Waals surface area contributed by atoms with E-state index < -0.39 is 0 Å². The van der Waals surface area contributed by atoms with Gasteiger partial charge in [-0.1, -0.05) is 5.16 Å². The standard InChI is InChI=1S/C15H20N4O2/c20-15(7-6-14-8-10-17-21-14)18-12-2-4-13(5-3-12)19-11-1-9-16-19/h1,8-13H,2-7H2,(H,18,20). The summed E-state index contributed by atoms with van der Waals surface area (Å²) in [6, 6.07) is 4.52. The van der Waals surface area contributed by atoms with Gasteiger partial charge in [0.1, 0.15) is 5.76 Å². The highest BCUT2D eigenvalue weighted by molar-refractivity contribution is 5.76. The van der Waals surface area contributed by atoms with E-state index in [-0.39, 0.29) is 5.91 Å². The van der Waals surface area contributed by atoms with Gasteiger partial charge in [-0.25, -0.2) is 0 Å². The lowest BCUT2D eigenvalue weighted by atomic mass is 9.91. The maximum Gasteiger partial charge on any atom is 0.220 e. The molecule has 1 aliphatic rings. The number of aryl methyl sites for hydroxylation is 1. The Labute approximate surface area is 123 Å². The van der Waals surface area contributed by atoms with Crippen LogP contribution in [0.2, 0.25) is 0 Å². The van der Waals surface area contributed by atoms with Crippen molar-refractivity contribution in [2.24, 2.45) is 0 Å². The van der Waals surface area contributed by atoms with E-state index in [0.29, 0.717) is 24.9 Å². The van der Waals surface area contributed by atoms with E-state index in [9.17, 15) is 4.79 Å². The van der Waals surface area contributed by atoms with Gasteiger partial charge in [0.05, 0.1) is 12.2 Å². The third-order valence-electron chi connectivity index (χ3n) is 4.05. The highest BCUT2D eigenvalue weighted by Gasteiger charge is 2.23. The monoisotopic (exact) mass is 288 g/mol. The van der Waals surface area contributed by atoms with Crippen molar-refractivity contribution in [1.29, 1.82) is 0 Å². The van der Waals surface area contributed by atoms with E-state index >= 15 is 0 Å². The molecule has 0 aromatic carbocycles. The number of hydrogen-bond donors (Lipinski definition) is 1. The van der Waals surface area contributed by atoms with Crippen molar-refractivity contribution in [3.05, 3.63) is 36.5 Å². The summed E-state index contributed by atoms with van der Waals surface area (Å²) in [5, 5.41) is 11.0. The molecule has 112 valence electrons. The van der Waals surface area contributed by atoms with Crippen LogP contribution < -0.4 is 5.32 Å². The number of nitrogens with one attached hydrogen (secondary N) is 1. The molecule has 0 radical (unpaired) electrons. The van der Waals surface area contributed by atoms with Crippen LogP contribution in [0.1, 0.15) is 43.9 Å². The number of aromatic nitrogens is 3. The molecule has 0 atom stereocenters. The Morgan fingerprint density at radius 3 is 2.86 bits per heavy atom. The molecule has 0 saturated heterocycles. The summed E-state index contributed by atoms with van der Waals surface area (Å²) in [4.78, 5) is 11.9. The fourth-order valence-corrected chi connectivity index (χ4v) is 2.89. The summed E-state index contributed by atoms with van der Waals surface area (Å²) >= 11 is 0. The van der Waals surface area contributed by atoms with E-state index in [2.05, 4.69) is 15.6 Å². The fraction of sp³-hybridized carbons (Fsp3) is 0.533. The second-order valence-corrected chi connectivity index (χ2v) is 5.54. The predicted octanol–water partition coefficient (Wildman–Crippen LogP) is 2.10. The van der Waals surface area contributed by atoms with Gasteiger partial charge in [0.25, 0.3) is 0 Å². The van der Waals surface area contributed by atoms with Gasteiger partial charge >= 0.3 is 0 Å². The maximum atomic E-state index is 11.9. The van der Waals surface area contributed by atoms with E-state index in [0.717, 1.165) is 31.4 Å². The van der Waals surface area contributed by atoms with Gasteiger partial charge in [-0.2, -0.15) is 5.10 Å². The number of hydrogen-bond acceptors (Lipinski definition) is 4. The first-order chi connectivity index (χ1) is 10.3. The molecule has 1 fully saturated rings. The molecule has 1 aliphatic carbocycles. The third kappa shape index (κ3) is 3.71. The summed E-state index contributed by atoms with van der Waals surface area (Å²) in [5.74, 6) is 0.849. The molecular formula is C15H20N4O2. The van der Waals surface area contributed by atoms with Gasteiger partial charge in [0.2, 0.25) is 5.91 Å². The predicted molar refractivity (Wildman–Crippen MR) is 76.5 cm³/mol. The van der Waals surface area contributed by atoms with Crippen LogP contribution in [0.3, 0.4) is 0 Å². The van der Waals surface area contributed by atoms with E-state index in [4.69, 9.17) is 4.52 Å². The van der Waals surface area contributed by atoms with Crippen LogP contribution in [0.5, 0.6) is 0 Å². The lowest BCUT2D eigenvalue weighted by Crippen LogP contribution is -2.38. The van der Waals surface area contributed by atoms with Crippen molar-refractivity contribution in [2.75, 3.05) is 0 Å². The SMILES string of the molecule is O=C(CCc1ccno1)NC1CCC(n2cccn2)CC1. The number of rotatable bonds is 5. The van der Waals surface area contributed by atoms with Crippen LogP contribution in [0.4, 0.5) is 0 Å². The van der Waals surface area contributed by atoms with Gasteiger partial charge in [0.15, 0.2) is 0 Å². The smallest absolute Gasteiger partial charge is 0.220 e. The number of carbonyl (C=O) groups excluding carboxylic acids is 1. The molecule has 0 spiro atoms. The van der Waals surface area contributed by atoms with E-state index in [1.807, 2.05) is 23.1 Å². The minimum atomic E-state index is 0.0916. The molecule has 1 saturated carbocycles. The quantitative estimate of drug-likeness (QED) is 0.914. The Bertz CT molecular complexity index is 542. The molecule has 2 heterocycles. The zero-order chi connectivity index (χ0) is 14.5. The summed E-state index contributed by atoms with van der Waals surface area (Å²) in [6.07, 6.45) is 10.6. The lowest BCUT2D eigenvalue weighted by molar-refractivity contribution is -0.122. The maximum absolute atomic E-state index is 11.9. The molecule has 1 N–H and O–H groups in total. The van der Waals surface area contributed by atoms with Crippen LogP contribution in [0.25, 0.3) is 0 Å². The van der Waals surface area contributed by atoms with Crippen LogP contribution in [-0.4, -0.2) is 26.9 Å². The summed E-state index contributed by atoms with van der Waals surface area (Å²) in [6.45, 7) is 0. The van der Waals surface area contributed by atoms with Crippen LogP contribution in [-0.2, 0) is 11.2 Å². The second-order valence-electron chi connectivity index (χ2n) is 5.54. The summed E-state index contributed by atoms with van der Waals surface area (Å²) < 4.78 is 7.02. The minimum absolute atomic E-state index is 0.0916. The molecule has 0 bridgehead atoms. The normalized spacial score (nSPS) is 22.1. The first-order valence-corrected chi connectivity index (χ1v) is 7.49. The average molecular weight is 288 g/mol. The third-order valence-corrected chi connectivity index (χ3v) is 4.05. The van der Waals surface area contributed by atoms with Gasteiger partial charge in [-0.05, 0) is 31.7 Å². The average Bonchev–Trinajstić information content (AvgIpc) is 3.19. The molecule has 21 heavy (non-hydrogen) atoms. The van der Waals surface area contributed by atoms with Crippen molar-refractivity contribution in [1.82, 2.24) is 20.3 Å². The highest BCUT2D eigenvalue weighted by atomic mass is 16.5. The molecule has 0 unspecified atom stereocenters. The Balaban J connectivity index is 1.39. The van der Waals surface area contributed by atoms with Crippen molar-refractivity contribution < 1.29 is 9.32 Å². The lowest BCUT2D eigenvalue weighted by Gasteiger charge is -2.29. The first-order valence-electron chi connectivity index (χ1n) is 7.49. The Hall–Kier alpha value is -2.11. The molecular weight excluding hydrogens is 268 g/mol. The molecule has 3 rings (SSSR count). The molecule has 2 aromatic rings. The number of carbonyl (C=O) groups is 1. The van der Waals surface area contributed by atoms with Gasteiger partial charge < -0.3 is 9.84 Å². The Morgan fingerprint density at radius 2 is 2.19 bits per heavy atom. The number of nitrogens with zero attached hydrogens (tertiary/aromatic N) is 3. The van der Waals surface area contributed by atoms with Crippen molar-refractivity contribution in [3.63, 3.8) is 0 Å². The zero-order valence-corrected chi connectivity index (χ0v) is 11.9. The first kappa shape index (κ1) is 13.9. The number of amides is 1. The molecule has 6 heteroatoms. The molecule has 6 nitrogen and oxygen atoms in total. The largest absolute Gasteiger partial charge is 0.361 e. The second kappa shape index (κ2) is 6.56. The van der Waals surface area contributed by atoms with E-state index in [1.54, 1.807) is 12.3 Å². The van der Waals surface area contributed by atoms with Crippen molar-refractivity contribution in [2.45, 2.75) is 50.6 Å². The highest BCUT2D eigenvalue weighted by Crippen LogP contribution is 2.27. The van der Waals surface area contributed by atoms with Crippen molar-refractivity contribution >= 4 is 5.91 Å². The zero-order valence-electron chi connectivity index (χ0n) is 11.9. The molecule has 1 amide bonds. The fourth-order valence-electron chi connectivity index (χ4n) is 2.89. The van der Waals surface area contributed by atoms with Gasteiger partial charge in [-0.3, -0.25) is 9.48 Å². The Morgan fingerprint density at radius 1 is 1.33 bits per heavy atom. The van der Waals surface area contributed by atoms with Crippen LogP contribution in [0, 0.1) is 0 Å². The molecule has 0 aliphatic heterocycles. The van der Waals surface area contributed by atoms with Crippen LogP contribution in [0.15, 0.2) is 35.2 Å². The molecule has 2 aromatic heterocycles.